The standard InChI is InChI=1S/C15H11FN2S/c16-12-3-1-2-4-14(12)19-15-8-5-10-9-11(17)6-7-13(10)18-15/h1-9H,17H2. The molecule has 0 spiro atoms. The summed E-state index contributed by atoms with van der Waals surface area (Å²) in [5, 5.41) is 1.75. The first kappa shape index (κ1) is 12.0. The van der Waals surface area contributed by atoms with Gasteiger partial charge in [0.1, 0.15) is 10.8 Å². The van der Waals surface area contributed by atoms with E-state index in [4.69, 9.17) is 5.73 Å². The second-order valence-electron chi connectivity index (χ2n) is 4.13. The zero-order valence-electron chi connectivity index (χ0n) is 10.0. The molecular weight excluding hydrogens is 259 g/mol. The molecule has 0 amide bonds. The normalized spacial score (nSPS) is 10.8. The number of anilines is 1. The molecule has 4 heteroatoms. The molecule has 0 bridgehead atoms. The summed E-state index contributed by atoms with van der Waals surface area (Å²) in [7, 11) is 0. The third-order valence-corrected chi connectivity index (χ3v) is 3.73. The van der Waals surface area contributed by atoms with Crippen molar-refractivity contribution in [3.05, 3.63) is 60.4 Å². The van der Waals surface area contributed by atoms with Crippen LogP contribution in [0.1, 0.15) is 0 Å². The molecule has 1 heterocycles. The molecule has 94 valence electrons. The van der Waals surface area contributed by atoms with Gasteiger partial charge in [0.2, 0.25) is 0 Å². The SMILES string of the molecule is Nc1ccc2nc(Sc3ccccc3F)ccc2c1. The topological polar surface area (TPSA) is 38.9 Å². The van der Waals surface area contributed by atoms with Crippen LogP contribution < -0.4 is 5.73 Å². The Hall–Kier alpha value is -2.07. The molecule has 3 rings (SSSR count). The molecule has 0 unspecified atom stereocenters. The van der Waals surface area contributed by atoms with Crippen molar-refractivity contribution < 1.29 is 4.39 Å². The Bertz CT molecular complexity index is 743. The number of pyridine rings is 1. The van der Waals surface area contributed by atoms with Gasteiger partial charge in [-0.1, -0.05) is 30.0 Å². The van der Waals surface area contributed by atoms with Crippen molar-refractivity contribution in [2.75, 3.05) is 5.73 Å². The number of fused-ring (bicyclic) bond motifs is 1. The lowest BCUT2D eigenvalue weighted by molar-refractivity contribution is 0.602. The Labute approximate surface area is 114 Å². The molecule has 0 fully saturated rings. The molecule has 0 radical (unpaired) electrons. The first-order valence-electron chi connectivity index (χ1n) is 5.81. The van der Waals surface area contributed by atoms with Crippen LogP contribution in [0.5, 0.6) is 0 Å². The Kier molecular flexibility index (Phi) is 3.09. The lowest BCUT2D eigenvalue weighted by atomic mass is 10.2. The van der Waals surface area contributed by atoms with Gasteiger partial charge in [0.25, 0.3) is 0 Å². The van der Waals surface area contributed by atoms with Gasteiger partial charge in [-0.15, -0.1) is 0 Å². The van der Waals surface area contributed by atoms with Gasteiger partial charge in [0, 0.05) is 16.0 Å². The van der Waals surface area contributed by atoms with E-state index in [1.807, 2.05) is 36.4 Å². The van der Waals surface area contributed by atoms with Gasteiger partial charge in [-0.3, -0.25) is 0 Å². The van der Waals surface area contributed by atoms with Crippen LogP contribution in [0.4, 0.5) is 10.1 Å². The highest BCUT2D eigenvalue weighted by atomic mass is 32.2. The molecular formula is C15H11FN2S. The quantitative estimate of drug-likeness (QED) is 0.712. The van der Waals surface area contributed by atoms with Crippen LogP contribution in [0.15, 0.2) is 64.5 Å². The van der Waals surface area contributed by atoms with Crippen molar-refractivity contribution >= 4 is 28.4 Å². The van der Waals surface area contributed by atoms with E-state index < -0.39 is 0 Å². The van der Waals surface area contributed by atoms with Gasteiger partial charge in [-0.2, -0.15) is 0 Å². The van der Waals surface area contributed by atoms with Gasteiger partial charge >= 0.3 is 0 Å². The highest BCUT2D eigenvalue weighted by Crippen LogP contribution is 2.29. The number of hydrogen-bond acceptors (Lipinski definition) is 3. The van der Waals surface area contributed by atoms with Crippen molar-refractivity contribution in [1.82, 2.24) is 4.98 Å². The smallest absolute Gasteiger partial charge is 0.137 e. The van der Waals surface area contributed by atoms with E-state index in [-0.39, 0.29) is 5.82 Å². The van der Waals surface area contributed by atoms with E-state index in [1.165, 1.54) is 17.8 Å². The maximum Gasteiger partial charge on any atom is 0.137 e. The first-order valence-corrected chi connectivity index (χ1v) is 6.63. The first-order chi connectivity index (χ1) is 9.22. The van der Waals surface area contributed by atoms with Crippen LogP contribution in [0, 0.1) is 5.82 Å². The highest BCUT2D eigenvalue weighted by molar-refractivity contribution is 7.99. The average Bonchev–Trinajstić information content (AvgIpc) is 2.41. The number of halogens is 1. The van der Waals surface area contributed by atoms with Gasteiger partial charge in [0.15, 0.2) is 0 Å². The van der Waals surface area contributed by atoms with Crippen molar-refractivity contribution in [2.24, 2.45) is 0 Å². The Morgan fingerprint density at radius 1 is 1.00 bits per heavy atom. The summed E-state index contributed by atoms with van der Waals surface area (Å²) in [5.41, 5.74) is 7.29. The van der Waals surface area contributed by atoms with E-state index >= 15 is 0 Å². The summed E-state index contributed by atoms with van der Waals surface area (Å²) in [4.78, 5) is 5.07. The molecule has 19 heavy (non-hydrogen) atoms. The molecule has 0 saturated heterocycles. The number of benzene rings is 2. The number of hydrogen-bond donors (Lipinski definition) is 1. The minimum atomic E-state index is -0.230. The maximum absolute atomic E-state index is 13.6. The molecule has 2 aromatic carbocycles. The van der Waals surface area contributed by atoms with Crippen LogP contribution in [0.25, 0.3) is 10.9 Å². The van der Waals surface area contributed by atoms with Crippen molar-refractivity contribution in [3.63, 3.8) is 0 Å². The zero-order valence-corrected chi connectivity index (χ0v) is 10.8. The summed E-state index contributed by atoms with van der Waals surface area (Å²) >= 11 is 1.32. The van der Waals surface area contributed by atoms with Crippen LogP contribution in [-0.2, 0) is 0 Å². The minimum absolute atomic E-state index is 0.230. The lowest BCUT2D eigenvalue weighted by Gasteiger charge is -2.04. The Morgan fingerprint density at radius 2 is 1.84 bits per heavy atom. The van der Waals surface area contributed by atoms with Crippen LogP contribution in [0.2, 0.25) is 0 Å². The molecule has 0 aliphatic rings. The molecule has 0 saturated carbocycles. The summed E-state index contributed by atoms with van der Waals surface area (Å²) in [6.07, 6.45) is 0. The molecule has 0 atom stereocenters. The molecule has 2 N–H and O–H groups in total. The lowest BCUT2D eigenvalue weighted by Crippen LogP contribution is -1.87. The zero-order chi connectivity index (χ0) is 13.2. The van der Waals surface area contributed by atoms with E-state index in [0.29, 0.717) is 10.6 Å². The highest BCUT2D eigenvalue weighted by Gasteiger charge is 2.05. The summed E-state index contributed by atoms with van der Waals surface area (Å²) in [6.45, 7) is 0. The van der Waals surface area contributed by atoms with E-state index in [1.54, 1.807) is 12.1 Å². The fourth-order valence-corrected chi connectivity index (χ4v) is 2.64. The van der Waals surface area contributed by atoms with Crippen LogP contribution in [-0.4, -0.2) is 4.98 Å². The molecule has 2 nitrogen and oxygen atoms in total. The van der Waals surface area contributed by atoms with Crippen molar-refractivity contribution in [2.45, 2.75) is 9.92 Å². The number of aromatic nitrogens is 1. The number of nitrogens with zero attached hydrogens (tertiary/aromatic N) is 1. The second kappa shape index (κ2) is 4.90. The van der Waals surface area contributed by atoms with Crippen molar-refractivity contribution in [3.8, 4) is 0 Å². The molecule has 3 aromatic rings. The fourth-order valence-electron chi connectivity index (χ4n) is 1.82. The largest absolute Gasteiger partial charge is 0.399 e. The number of nitrogen functional groups attached to an aromatic ring is 1. The van der Waals surface area contributed by atoms with E-state index in [9.17, 15) is 4.39 Å². The van der Waals surface area contributed by atoms with Gasteiger partial charge in [-0.25, -0.2) is 9.37 Å². The predicted molar refractivity (Wildman–Crippen MR) is 76.7 cm³/mol. The van der Waals surface area contributed by atoms with Crippen molar-refractivity contribution in [1.29, 1.82) is 0 Å². The molecule has 0 aliphatic heterocycles. The van der Waals surface area contributed by atoms with E-state index in [0.717, 1.165) is 15.9 Å². The van der Waals surface area contributed by atoms with Crippen LogP contribution >= 0.6 is 11.8 Å². The van der Waals surface area contributed by atoms with Crippen LogP contribution in [0.3, 0.4) is 0 Å². The third-order valence-electron chi connectivity index (χ3n) is 2.74. The Balaban J connectivity index is 1.98. The minimum Gasteiger partial charge on any atom is -0.399 e. The monoisotopic (exact) mass is 270 g/mol. The van der Waals surface area contributed by atoms with Gasteiger partial charge in [0.05, 0.1) is 5.52 Å². The third kappa shape index (κ3) is 2.53. The fraction of sp³-hybridized carbons (Fsp3) is 0. The number of rotatable bonds is 2. The second-order valence-corrected chi connectivity index (χ2v) is 5.20. The summed E-state index contributed by atoms with van der Waals surface area (Å²) in [6, 6.07) is 16.1. The van der Waals surface area contributed by atoms with Gasteiger partial charge in [-0.05, 0) is 36.4 Å². The number of nitrogens with two attached hydrogens (primary N) is 1. The predicted octanol–water partition coefficient (Wildman–Crippen LogP) is 4.11. The molecule has 1 aromatic heterocycles. The average molecular weight is 270 g/mol. The Morgan fingerprint density at radius 3 is 2.68 bits per heavy atom. The molecule has 0 aliphatic carbocycles. The van der Waals surface area contributed by atoms with Gasteiger partial charge < -0.3 is 5.73 Å². The summed E-state index contributed by atoms with van der Waals surface area (Å²) < 4.78 is 13.6. The summed E-state index contributed by atoms with van der Waals surface area (Å²) in [5.74, 6) is -0.230. The maximum atomic E-state index is 13.6. The van der Waals surface area contributed by atoms with E-state index in [2.05, 4.69) is 4.98 Å².